The summed E-state index contributed by atoms with van der Waals surface area (Å²) in [5, 5.41) is 4.85. The second-order valence-electron chi connectivity index (χ2n) is 18.0. The lowest BCUT2D eigenvalue weighted by Crippen LogP contribution is -2.15. The number of benzene rings is 8. The molecule has 0 radical (unpaired) electrons. The van der Waals surface area contributed by atoms with Crippen LogP contribution in [-0.2, 0) is 10.8 Å². The number of fused-ring (bicyclic) bond motifs is 13. The molecule has 1 heterocycles. The monoisotopic (exact) mass is 771 g/mol. The first-order valence-electron chi connectivity index (χ1n) is 21.4. The van der Waals surface area contributed by atoms with Crippen LogP contribution in [-0.4, -0.2) is 0 Å². The zero-order chi connectivity index (χ0) is 40.3. The van der Waals surface area contributed by atoms with Gasteiger partial charge in [-0.1, -0.05) is 155 Å². The van der Waals surface area contributed by atoms with Crippen LogP contribution in [0.3, 0.4) is 0 Å². The zero-order valence-corrected chi connectivity index (χ0v) is 34.5. The molecule has 0 unspecified atom stereocenters. The van der Waals surface area contributed by atoms with Crippen LogP contribution in [0.15, 0.2) is 180 Å². The molecule has 0 atom stereocenters. The van der Waals surface area contributed by atoms with Crippen LogP contribution in [0.2, 0.25) is 0 Å². The highest BCUT2D eigenvalue weighted by molar-refractivity contribution is 6.25. The Labute approximate surface area is 351 Å². The maximum absolute atomic E-state index is 7.21. The van der Waals surface area contributed by atoms with E-state index in [4.69, 9.17) is 4.42 Å². The van der Waals surface area contributed by atoms with E-state index in [1.807, 2.05) is 0 Å². The van der Waals surface area contributed by atoms with Crippen LogP contribution in [0.4, 0.5) is 17.1 Å². The predicted molar refractivity (Wildman–Crippen MR) is 253 cm³/mol. The molecule has 0 amide bonds. The Bertz CT molecular complexity index is 3300. The minimum Gasteiger partial charge on any atom is -0.455 e. The first kappa shape index (κ1) is 35.1. The normalized spacial score (nSPS) is 15.5. The summed E-state index contributed by atoms with van der Waals surface area (Å²) in [6.45, 7) is 9.46. The van der Waals surface area contributed by atoms with Crippen LogP contribution in [0.5, 0.6) is 0 Å². The number of furan rings is 1. The van der Waals surface area contributed by atoms with Crippen molar-refractivity contribution in [2.75, 3.05) is 4.90 Å². The summed E-state index contributed by atoms with van der Waals surface area (Å²) in [5.74, 6) is 0. The molecular weight excluding hydrogens is 727 g/mol. The topological polar surface area (TPSA) is 16.4 Å². The molecule has 0 saturated heterocycles. The van der Waals surface area contributed by atoms with Gasteiger partial charge in [0.25, 0.3) is 0 Å². The third kappa shape index (κ3) is 5.00. The highest BCUT2D eigenvalue weighted by Crippen LogP contribution is 2.57. The molecule has 3 aliphatic rings. The molecule has 0 bridgehead atoms. The van der Waals surface area contributed by atoms with Crippen molar-refractivity contribution in [2.45, 2.75) is 51.4 Å². The molecule has 12 rings (SSSR count). The number of hydrogen-bond acceptors (Lipinski definition) is 2. The van der Waals surface area contributed by atoms with E-state index in [1.165, 1.54) is 82.9 Å². The Morgan fingerprint density at radius 1 is 0.483 bits per heavy atom. The quantitative estimate of drug-likeness (QED) is 0.173. The highest BCUT2D eigenvalue weighted by Gasteiger charge is 2.40. The van der Waals surface area contributed by atoms with Gasteiger partial charge in [0, 0.05) is 50.3 Å². The molecule has 2 heteroatoms. The molecule has 0 N–H and O–H groups in total. The van der Waals surface area contributed by atoms with Crippen LogP contribution in [0, 0.1) is 0 Å². The fourth-order valence-electron chi connectivity index (χ4n) is 10.9. The molecular formula is C58H45NO. The fourth-order valence-corrected chi connectivity index (χ4v) is 10.9. The molecule has 2 nitrogen and oxygen atoms in total. The number of para-hydroxylation sites is 1. The summed E-state index contributed by atoms with van der Waals surface area (Å²) in [6.07, 6.45) is 9.12. The van der Waals surface area contributed by atoms with Crippen LogP contribution >= 0.6 is 0 Å². The number of nitrogens with zero attached hydrogens (tertiary/aromatic N) is 1. The first-order valence-corrected chi connectivity index (χ1v) is 21.4. The van der Waals surface area contributed by atoms with Gasteiger partial charge < -0.3 is 9.32 Å². The molecule has 0 fully saturated rings. The van der Waals surface area contributed by atoms with E-state index in [2.05, 4.69) is 209 Å². The maximum atomic E-state index is 7.21. The Hall–Kier alpha value is -6.90. The van der Waals surface area contributed by atoms with E-state index < -0.39 is 0 Å². The molecule has 288 valence electrons. The average molecular weight is 772 g/mol. The van der Waals surface area contributed by atoms with Gasteiger partial charge >= 0.3 is 0 Å². The lowest BCUT2D eigenvalue weighted by atomic mass is 9.79. The smallest absolute Gasteiger partial charge is 0.144 e. The molecule has 9 aromatic rings. The fraction of sp³-hybridized carbons (Fsp3) is 0.138. The minimum absolute atomic E-state index is 0.0526. The van der Waals surface area contributed by atoms with Crippen molar-refractivity contribution in [3.63, 3.8) is 0 Å². The van der Waals surface area contributed by atoms with Gasteiger partial charge in [-0.15, -0.1) is 0 Å². The van der Waals surface area contributed by atoms with E-state index in [0.717, 1.165) is 46.5 Å². The zero-order valence-electron chi connectivity index (χ0n) is 34.5. The number of hydrogen-bond donors (Lipinski definition) is 0. The lowest BCUT2D eigenvalue weighted by Gasteiger charge is -2.27. The lowest BCUT2D eigenvalue weighted by molar-refractivity contribution is 0.658. The summed E-state index contributed by atoms with van der Waals surface area (Å²) in [7, 11) is 0. The van der Waals surface area contributed by atoms with Crippen molar-refractivity contribution >= 4 is 55.3 Å². The molecule has 8 aromatic carbocycles. The Balaban J connectivity index is 1.02. The largest absolute Gasteiger partial charge is 0.455 e. The number of rotatable bonds is 5. The van der Waals surface area contributed by atoms with Crippen molar-refractivity contribution in [1.82, 2.24) is 0 Å². The SMILES string of the molecule is CC1(C)c2ccccc2-c2cc(N(c3ccccc3)c3ccc4c(c3)oc3c5c(c6ccccc6c34)C(C)(C)c3cc(-c4ccc(C6=CCCC=C6)cc4)ccc3-5)ccc21. The molecule has 0 saturated carbocycles. The van der Waals surface area contributed by atoms with Crippen molar-refractivity contribution in [3.05, 3.63) is 204 Å². The highest BCUT2D eigenvalue weighted by atomic mass is 16.3. The third-order valence-corrected chi connectivity index (χ3v) is 13.8. The van der Waals surface area contributed by atoms with Gasteiger partial charge in [0.05, 0.1) is 0 Å². The van der Waals surface area contributed by atoms with Crippen LogP contribution < -0.4 is 4.90 Å². The Morgan fingerprint density at radius 3 is 2.00 bits per heavy atom. The van der Waals surface area contributed by atoms with Crippen molar-refractivity contribution < 1.29 is 4.42 Å². The average Bonchev–Trinajstić information content (AvgIpc) is 3.87. The van der Waals surface area contributed by atoms with Crippen molar-refractivity contribution in [1.29, 1.82) is 0 Å². The van der Waals surface area contributed by atoms with E-state index in [9.17, 15) is 0 Å². The summed E-state index contributed by atoms with van der Waals surface area (Å²) in [6, 6.07) is 58.5. The second-order valence-corrected chi connectivity index (χ2v) is 18.0. The maximum Gasteiger partial charge on any atom is 0.144 e. The summed E-state index contributed by atoms with van der Waals surface area (Å²) < 4.78 is 7.21. The predicted octanol–water partition coefficient (Wildman–Crippen LogP) is 16.2. The van der Waals surface area contributed by atoms with E-state index in [0.29, 0.717) is 0 Å². The molecule has 1 aromatic heterocycles. The Kier molecular flexibility index (Phi) is 7.48. The molecule has 60 heavy (non-hydrogen) atoms. The number of allylic oxidation sites excluding steroid dienone is 4. The summed E-state index contributed by atoms with van der Waals surface area (Å²) in [4.78, 5) is 2.37. The van der Waals surface area contributed by atoms with E-state index in [1.54, 1.807) is 0 Å². The summed E-state index contributed by atoms with van der Waals surface area (Å²) in [5.41, 5.74) is 20.5. The van der Waals surface area contributed by atoms with Gasteiger partial charge in [0.15, 0.2) is 0 Å². The van der Waals surface area contributed by atoms with Crippen LogP contribution in [0.1, 0.15) is 68.4 Å². The van der Waals surface area contributed by atoms with Gasteiger partial charge in [0.2, 0.25) is 0 Å². The van der Waals surface area contributed by atoms with Gasteiger partial charge in [-0.25, -0.2) is 0 Å². The van der Waals surface area contributed by atoms with Gasteiger partial charge in [-0.3, -0.25) is 0 Å². The standard InChI is InChI=1S/C58H45NO/c1-57(2)49-22-14-13-19-43(49)48-34-41(29-32-50(48)57)59(40-17-9-6-10-18-40)42-28-31-47-52(35-42)60-56-53(47)44-20-11-12-21-45(44)55-54(56)46-30-27-39(33-51(46)58(55,3)4)38-25-23-37(24-26-38)36-15-7-5-8-16-36/h6-7,9-35H,5,8H2,1-4H3. The minimum atomic E-state index is -0.235. The molecule has 0 aliphatic heterocycles. The molecule has 3 aliphatic carbocycles. The third-order valence-electron chi connectivity index (χ3n) is 13.8. The van der Waals surface area contributed by atoms with E-state index >= 15 is 0 Å². The number of anilines is 3. The van der Waals surface area contributed by atoms with Gasteiger partial charge in [-0.05, 0) is 127 Å². The van der Waals surface area contributed by atoms with Gasteiger partial charge in [-0.2, -0.15) is 0 Å². The summed E-state index contributed by atoms with van der Waals surface area (Å²) >= 11 is 0. The van der Waals surface area contributed by atoms with Crippen molar-refractivity contribution in [2.24, 2.45) is 0 Å². The van der Waals surface area contributed by atoms with Crippen LogP contribution in [0.25, 0.3) is 71.7 Å². The van der Waals surface area contributed by atoms with Gasteiger partial charge in [0.1, 0.15) is 11.2 Å². The Morgan fingerprint density at radius 2 is 1.18 bits per heavy atom. The van der Waals surface area contributed by atoms with Crippen molar-refractivity contribution in [3.8, 4) is 33.4 Å². The van der Waals surface area contributed by atoms with E-state index in [-0.39, 0.29) is 10.8 Å². The molecule has 0 spiro atoms. The second kappa shape index (κ2) is 12.8. The first-order chi connectivity index (χ1) is 29.3.